The van der Waals surface area contributed by atoms with Gasteiger partial charge in [0.25, 0.3) is 0 Å². The van der Waals surface area contributed by atoms with E-state index in [1.54, 1.807) is 0 Å². The van der Waals surface area contributed by atoms with Crippen molar-refractivity contribution in [1.29, 1.82) is 0 Å². The lowest BCUT2D eigenvalue weighted by atomic mass is 9.95. The van der Waals surface area contributed by atoms with E-state index in [4.69, 9.17) is 23.2 Å². The summed E-state index contributed by atoms with van der Waals surface area (Å²) in [4.78, 5) is 12.1. The van der Waals surface area contributed by atoms with Crippen LogP contribution in [0.3, 0.4) is 0 Å². The summed E-state index contributed by atoms with van der Waals surface area (Å²) < 4.78 is 77.2. The van der Waals surface area contributed by atoms with E-state index >= 15 is 0 Å². The van der Waals surface area contributed by atoms with E-state index in [0.717, 1.165) is 24.3 Å². The molecule has 0 aromatic heterocycles. The molecule has 11 heteroatoms. The fourth-order valence-electron chi connectivity index (χ4n) is 2.50. The van der Waals surface area contributed by atoms with Crippen molar-refractivity contribution in [2.24, 2.45) is 0 Å². The average Bonchev–Trinajstić information content (AvgIpc) is 2.61. The largest absolute Gasteiger partial charge is 0.421 e. The zero-order chi connectivity index (χ0) is 22.9. The first-order chi connectivity index (χ1) is 13.6. The SMILES string of the molecule is CC(O)(c1cc(Cl)c(NC(=O)CCc2cccc(C(F)(F)F)c2)c(Cl)c1)C(F)(F)F. The second-order valence-corrected chi connectivity index (χ2v) is 7.45. The Labute approximate surface area is 177 Å². The highest BCUT2D eigenvalue weighted by molar-refractivity contribution is 6.39. The van der Waals surface area contributed by atoms with Gasteiger partial charge < -0.3 is 10.4 Å². The van der Waals surface area contributed by atoms with Crippen LogP contribution in [0, 0.1) is 0 Å². The number of carbonyl (C=O) groups is 1. The van der Waals surface area contributed by atoms with Crippen molar-refractivity contribution in [3.63, 3.8) is 0 Å². The number of rotatable bonds is 5. The lowest BCUT2D eigenvalue weighted by Crippen LogP contribution is -2.39. The molecule has 0 spiro atoms. The van der Waals surface area contributed by atoms with Gasteiger partial charge in [0.2, 0.25) is 5.91 Å². The van der Waals surface area contributed by atoms with E-state index in [1.807, 2.05) is 0 Å². The maximum Gasteiger partial charge on any atom is 0.421 e. The number of aryl methyl sites for hydroxylation is 1. The van der Waals surface area contributed by atoms with Crippen LogP contribution in [0.25, 0.3) is 0 Å². The summed E-state index contributed by atoms with van der Waals surface area (Å²) in [5, 5.41) is 11.4. The normalized spacial score (nSPS) is 14.3. The van der Waals surface area contributed by atoms with E-state index < -0.39 is 35.0 Å². The summed E-state index contributed by atoms with van der Waals surface area (Å²) in [7, 11) is 0. The standard InChI is InChI=1S/C19H15Cl2F6NO2/c1-17(30,19(25,26)27)12-8-13(20)16(14(21)9-12)28-15(29)6-5-10-3-2-4-11(7-10)18(22,23)24/h2-4,7-9,30H,5-6H2,1H3,(H,28,29). The minimum atomic E-state index is -4.99. The summed E-state index contributed by atoms with van der Waals surface area (Å²) in [6.07, 6.45) is -9.75. The van der Waals surface area contributed by atoms with Gasteiger partial charge in [-0.15, -0.1) is 0 Å². The molecule has 0 aliphatic heterocycles. The molecule has 2 N–H and O–H groups in total. The van der Waals surface area contributed by atoms with Gasteiger partial charge in [-0.25, -0.2) is 0 Å². The van der Waals surface area contributed by atoms with Crippen molar-refractivity contribution >= 4 is 34.8 Å². The molecule has 0 bridgehead atoms. The third kappa shape index (κ3) is 5.59. The predicted molar refractivity (Wildman–Crippen MR) is 100 cm³/mol. The first-order valence-corrected chi connectivity index (χ1v) is 9.13. The highest BCUT2D eigenvalue weighted by Gasteiger charge is 2.51. The fraction of sp³-hybridized carbons (Fsp3) is 0.316. The van der Waals surface area contributed by atoms with Gasteiger partial charge in [0, 0.05) is 6.42 Å². The van der Waals surface area contributed by atoms with E-state index in [9.17, 15) is 36.2 Å². The highest BCUT2D eigenvalue weighted by Crippen LogP contribution is 2.42. The molecule has 3 nitrogen and oxygen atoms in total. The number of nitrogens with one attached hydrogen (secondary N) is 1. The molecule has 1 unspecified atom stereocenters. The maximum absolute atomic E-state index is 13.0. The topological polar surface area (TPSA) is 49.3 Å². The zero-order valence-electron chi connectivity index (χ0n) is 15.3. The van der Waals surface area contributed by atoms with Crippen LogP contribution in [0.4, 0.5) is 32.0 Å². The van der Waals surface area contributed by atoms with Gasteiger partial charge in [-0.3, -0.25) is 4.79 Å². The van der Waals surface area contributed by atoms with Crippen molar-refractivity contribution in [2.75, 3.05) is 5.32 Å². The van der Waals surface area contributed by atoms with Gasteiger partial charge in [-0.05, 0) is 42.7 Å². The third-order valence-corrected chi connectivity index (χ3v) is 4.91. The number of carbonyl (C=O) groups excluding carboxylic acids is 1. The van der Waals surface area contributed by atoms with Crippen molar-refractivity contribution in [1.82, 2.24) is 0 Å². The van der Waals surface area contributed by atoms with Crippen LogP contribution < -0.4 is 5.32 Å². The molecule has 0 saturated carbocycles. The van der Waals surface area contributed by atoms with Crippen LogP contribution in [0.2, 0.25) is 10.0 Å². The van der Waals surface area contributed by atoms with Crippen LogP contribution >= 0.6 is 23.2 Å². The number of benzene rings is 2. The van der Waals surface area contributed by atoms with Crippen LogP contribution in [-0.4, -0.2) is 17.2 Å². The second kappa shape index (κ2) is 8.64. The Morgan fingerprint density at radius 1 is 1.00 bits per heavy atom. The summed E-state index contributed by atoms with van der Waals surface area (Å²) in [5.74, 6) is -0.661. The Hall–Kier alpha value is -1.97. The number of aliphatic hydroxyl groups is 1. The number of alkyl halides is 6. The minimum Gasteiger partial charge on any atom is -0.376 e. The summed E-state index contributed by atoms with van der Waals surface area (Å²) in [5.41, 5.74) is -4.58. The van der Waals surface area contributed by atoms with Crippen LogP contribution in [-0.2, 0) is 23.0 Å². The molecule has 2 rings (SSSR count). The number of hydrogen-bond acceptors (Lipinski definition) is 2. The Morgan fingerprint density at radius 2 is 1.57 bits per heavy atom. The highest BCUT2D eigenvalue weighted by atomic mass is 35.5. The summed E-state index contributed by atoms with van der Waals surface area (Å²) in [6, 6.07) is 6.11. The Kier molecular flexibility index (Phi) is 7.00. The van der Waals surface area contributed by atoms with E-state index in [-0.39, 0.29) is 34.1 Å². The van der Waals surface area contributed by atoms with Crippen molar-refractivity contribution in [3.05, 3.63) is 63.1 Å². The van der Waals surface area contributed by atoms with Gasteiger partial charge in [0.05, 0.1) is 21.3 Å². The monoisotopic (exact) mass is 473 g/mol. The summed E-state index contributed by atoms with van der Waals surface area (Å²) >= 11 is 11.8. The quantitative estimate of drug-likeness (QED) is 0.496. The van der Waals surface area contributed by atoms with Crippen LogP contribution in [0.5, 0.6) is 0 Å². The third-order valence-electron chi connectivity index (χ3n) is 4.32. The van der Waals surface area contributed by atoms with Gasteiger partial charge in [0.15, 0.2) is 5.60 Å². The Morgan fingerprint density at radius 3 is 2.07 bits per heavy atom. The molecule has 0 aliphatic carbocycles. The molecule has 2 aromatic carbocycles. The predicted octanol–water partition coefficient (Wildman–Crippen LogP) is 6.35. The minimum absolute atomic E-state index is 0.0220. The van der Waals surface area contributed by atoms with Crippen molar-refractivity contribution in [2.45, 2.75) is 37.7 Å². The van der Waals surface area contributed by atoms with E-state index in [2.05, 4.69) is 5.32 Å². The fourth-order valence-corrected chi connectivity index (χ4v) is 3.08. The smallest absolute Gasteiger partial charge is 0.376 e. The molecular weight excluding hydrogens is 459 g/mol. The maximum atomic E-state index is 13.0. The molecule has 0 saturated heterocycles. The average molecular weight is 474 g/mol. The molecule has 0 radical (unpaired) electrons. The molecular formula is C19H15Cl2F6NO2. The Bertz CT molecular complexity index is 918. The van der Waals surface area contributed by atoms with Gasteiger partial charge in [-0.2, -0.15) is 26.3 Å². The molecule has 0 fully saturated rings. The first-order valence-electron chi connectivity index (χ1n) is 8.37. The summed E-state index contributed by atoms with van der Waals surface area (Å²) in [6.45, 7) is 0.530. The molecule has 2 aromatic rings. The Balaban J connectivity index is 2.13. The molecule has 30 heavy (non-hydrogen) atoms. The van der Waals surface area contributed by atoms with Crippen molar-refractivity contribution in [3.8, 4) is 0 Å². The zero-order valence-corrected chi connectivity index (χ0v) is 16.8. The van der Waals surface area contributed by atoms with E-state index in [0.29, 0.717) is 6.92 Å². The van der Waals surface area contributed by atoms with Crippen LogP contribution in [0.1, 0.15) is 30.0 Å². The van der Waals surface area contributed by atoms with Crippen LogP contribution in [0.15, 0.2) is 36.4 Å². The molecule has 0 heterocycles. The first kappa shape index (κ1) is 24.3. The van der Waals surface area contributed by atoms with Gasteiger partial charge in [0.1, 0.15) is 0 Å². The van der Waals surface area contributed by atoms with Gasteiger partial charge in [-0.1, -0.05) is 41.4 Å². The molecule has 1 amide bonds. The molecule has 0 aliphatic rings. The number of anilines is 1. The molecule has 1 atom stereocenters. The van der Waals surface area contributed by atoms with E-state index in [1.165, 1.54) is 12.1 Å². The van der Waals surface area contributed by atoms with Gasteiger partial charge >= 0.3 is 12.4 Å². The lowest BCUT2D eigenvalue weighted by molar-refractivity contribution is -0.258. The number of halogens is 8. The van der Waals surface area contributed by atoms with Crippen molar-refractivity contribution < 1.29 is 36.2 Å². The number of amides is 1. The molecule has 164 valence electrons. The lowest BCUT2D eigenvalue weighted by Gasteiger charge is -2.27. The number of hydrogen-bond donors (Lipinski definition) is 2. The second-order valence-electron chi connectivity index (χ2n) is 6.63.